The first-order chi connectivity index (χ1) is 0. The Labute approximate surface area is 76.7 Å². The summed E-state index contributed by atoms with van der Waals surface area (Å²) in [7, 11) is 0. The molecule has 0 heterocycles. The standard InChI is InChI=1S/3ClH.Cu.Mg/h3*1H;;/q;;;+1;+2/p-3. The second-order valence-corrected chi connectivity index (χ2v) is 0. The molecule has 0 aromatic carbocycles. The third-order valence-corrected chi connectivity index (χ3v) is 0. The Morgan fingerprint density at radius 2 is 0.600 bits per heavy atom. The molecule has 0 aromatic rings. The van der Waals surface area contributed by atoms with Crippen LogP contribution in [0.3, 0.4) is 0 Å². The molecule has 5 heteroatoms. The molecule has 0 radical (unpaired) electrons. The maximum absolute atomic E-state index is 0. The summed E-state index contributed by atoms with van der Waals surface area (Å²) < 4.78 is 0. The van der Waals surface area contributed by atoms with Crippen molar-refractivity contribution in [3.8, 4) is 0 Å². The van der Waals surface area contributed by atoms with Gasteiger partial charge in [-0.15, -0.1) is 0 Å². The van der Waals surface area contributed by atoms with Crippen LogP contribution in [-0.2, 0) is 17.1 Å². The van der Waals surface area contributed by atoms with Gasteiger partial charge in [-0.25, -0.2) is 0 Å². The quantitative estimate of drug-likeness (QED) is 0.336. The van der Waals surface area contributed by atoms with Crippen molar-refractivity contribution in [3.63, 3.8) is 0 Å². The van der Waals surface area contributed by atoms with Gasteiger partial charge < -0.3 is 37.2 Å². The van der Waals surface area contributed by atoms with Gasteiger partial charge in [0, 0.05) is 0 Å². The number of halogens is 3. The van der Waals surface area contributed by atoms with Gasteiger partial charge in [0.2, 0.25) is 0 Å². The van der Waals surface area contributed by atoms with E-state index in [1.807, 2.05) is 0 Å². The van der Waals surface area contributed by atoms with Crippen LogP contribution < -0.4 is 37.2 Å². The molecule has 34 valence electrons. The Morgan fingerprint density at radius 3 is 0.600 bits per heavy atom. The first kappa shape index (κ1) is 58.3. The van der Waals surface area contributed by atoms with Crippen LogP contribution in [-0.4, -0.2) is 23.1 Å². The van der Waals surface area contributed by atoms with Gasteiger partial charge in [0.15, 0.2) is 0 Å². The van der Waals surface area contributed by atoms with E-state index in [2.05, 4.69) is 0 Å². The minimum Gasteiger partial charge on any atom is -1.00 e. The molecule has 0 saturated heterocycles. The molecular formula is Cl3CuMg. The van der Waals surface area contributed by atoms with Crippen molar-refractivity contribution < 1.29 is 54.3 Å². The third-order valence-electron chi connectivity index (χ3n) is 0. The van der Waals surface area contributed by atoms with Gasteiger partial charge in [-0.05, 0) is 0 Å². The minimum absolute atomic E-state index is 0. The monoisotopic (exact) mass is 192 g/mol. The molecule has 0 rings (SSSR count). The van der Waals surface area contributed by atoms with Crippen LogP contribution in [0.5, 0.6) is 0 Å². The SMILES string of the molecule is [Cl-].[Cl-].[Cl-].[Cu+].[Mg+2]. The second-order valence-electron chi connectivity index (χ2n) is 0. The van der Waals surface area contributed by atoms with Gasteiger partial charge >= 0.3 is 40.1 Å². The summed E-state index contributed by atoms with van der Waals surface area (Å²) in [5.41, 5.74) is 0. The fourth-order valence-corrected chi connectivity index (χ4v) is 0. The van der Waals surface area contributed by atoms with Crippen LogP contribution in [0.15, 0.2) is 0 Å². The maximum Gasteiger partial charge on any atom is 2.00 e. The van der Waals surface area contributed by atoms with Gasteiger partial charge in [0.05, 0.1) is 0 Å². The predicted molar refractivity (Wildman–Crippen MR) is 5.75 cm³/mol. The zero-order valence-corrected chi connectivity index (χ0v) is 6.77. The van der Waals surface area contributed by atoms with E-state index < -0.39 is 0 Å². The summed E-state index contributed by atoms with van der Waals surface area (Å²) in [6, 6.07) is 0. The first-order valence-corrected chi connectivity index (χ1v) is 0. The Kier molecular flexibility index (Phi) is 411. The molecule has 0 aliphatic rings. The Bertz CT molecular complexity index is 6.85. The van der Waals surface area contributed by atoms with Crippen LogP contribution in [0.4, 0.5) is 0 Å². The first-order valence-electron chi connectivity index (χ1n) is 0. The van der Waals surface area contributed by atoms with Crippen LogP contribution in [0.1, 0.15) is 0 Å². The third kappa shape index (κ3) is 22.9. The average Bonchev–Trinajstić information content (AvgIpc) is 0. The molecule has 0 bridgehead atoms. The molecule has 0 aliphatic carbocycles. The zero-order valence-electron chi connectivity index (χ0n) is 2.14. The summed E-state index contributed by atoms with van der Waals surface area (Å²) in [5.74, 6) is 0. The van der Waals surface area contributed by atoms with E-state index in [9.17, 15) is 0 Å². The van der Waals surface area contributed by atoms with Crippen molar-refractivity contribution in [2.75, 3.05) is 0 Å². The van der Waals surface area contributed by atoms with Gasteiger partial charge in [-0.3, -0.25) is 0 Å². The van der Waals surface area contributed by atoms with Crippen LogP contribution >= 0.6 is 0 Å². The maximum atomic E-state index is 0. The van der Waals surface area contributed by atoms with E-state index in [4.69, 9.17) is 0 Å². The molecule has 0 amide bonds. The number of hydrogen-bond acceptors (Lipinski definition) is 0. The summed E-state index contributed by atoms with van der Waals surface area (Å²) in [5, 5.41) is 0. The molecule has 0 N–H and O–H groups in total. The second kappa shape index (κ2) is 35.2. The molecule has 0 unspecified atom stereocenters. The van der Waals surface area contributed by atoms with Gasteiger partial charge in [0.1, 0.15) is 0 Å². The molecule has 0 spiro atoms. The molecule has 0 aromatic heterocycles. The van der Waals surface area contributed by atoms with Gasteiger partial charge in [-0.2, -0.15) is 0 Å². The van der Waals surface area contributed by atoms with Crippen molar-refractivity contribution in [1.82, 2.24) is 0 Å². The normalized spacial score (nSPS) is 0. The molecule has 0 aliphatic heterocycles. The summed E-state index contributed by atoms with van der Waals surface area (Å²) in [6.07, 6.45) is 0. The molecule has 0 saturated carbocycles. The van der Waals surface area contributed by atoms with E-state index in [1.165, 1.54) is 0 Å². The number of rotatable bonds is 0. The van der Waals surface area contributed by atoms with E-state index in [0.29, 0.717) is 0 Å². The van der Waals surface area contributed by atoms with Gasteiger partial charge in [0.25, 0.3) is 0 Å². The molecule has 0 nitrogen and oxygen atoms in total. The fourth-order valence-electron chi connectivity index (χ4n) is 0. The van der Waals surface area contributed by atoms with Crippen molar-refractivity contribution in [1.29, 1.82) is 0 Å². The Hall–Kier alpha value is 2.16. The topological polar surface area (TPSA) is 0 Å². The Balaban J connectivity index is 0. The fraction of sp³-hybridized carbons (Fsp3) is 0. The van der Waals surface area contributed by atoms with Crippen molar-refractivity contribution in [2.24, 2.45) is 0 Å². The van der Waals surface area contributed by atoms with E-state index >= 15 is 0 Å². The van der Waals surface area contributed by atoms with Gasteiger partial charge in [-0.1, -0.05) is 0 Å². The smallest absolute Gasteiger partial charge is 1.00 e. The largest absolute Gasteiger partial charge is 2.00 e. The van der Waals surface area contributed by atoms with Crippen molar-refractivity contribution >= 4 is 23.1 Å². The minimum atomic E-state index is 0. The van der Waals surface area contributed by atoms with E-state index in [1.54, 1.807) is 0 Å². The number of hydrogen-bond donors (Lipinski definition) is 0. The summed E-state index contributed by atoms with van der Waals surface area (Å²) >= 11 is 0. The molecule has 0 fully saturated rings. The molecule has 0 atom stereocenters. The molecular weight excluding hydrogens is 194 g/mol. The van der Waals surface area contributed by atoms with Crippen LogP contribution in [0, 0.1) is 0 Å². The van der Waals surface area contributed by atoms with Crippen molar-refractivity contribution in [2.45, 2.75) is 0 Å². The van der Waals surface area contributed by atoms with E-state index in [-0.39, 0.29) is 77.3 Å². The van der Waals surface area contributed by atoms with Crippen LogP contribution in [0.2, 0.25) is 0 Å². The average molecular weight is 194 g/mol. The summed E-state index contributed by atoms with van der Waals surface area (Å²) in [4.78, 5) is 0. The molecule has 5 heavy (non-hydrogen) atoms. The zero-order chi connectivity index (χ0) is 0. The van der Waals surface area contributed by atoms with Crippen molar-refractivity contribution in [3.05, 3.63) is 0 Å². The summed E-state index contributed by atoms with van der Waals surface area (Å²) in [6.45, 7) is 0. The Morgan fingerprint density at radius 1 is 0.600 bits per heavy atom. The van der Waals surface area contributed by atoms with Crippen LogP contribution in [0.25, 0.3) is 0 Å². The predicted octanol–water partition coefficient (Wildman–Crippen LogP) is -9.37. The van der Waals surface area contributed by atoms with E-state index in [0.717, 1.165) is 0 Å².